The van der Waals surface area contributed by atoms with E-state index < -0.39 is 0 Å². The van der Waals surface area contributed by atoms with Gasteiger partial charge in [-0.2, -0.15) is 0 Å². The second-order valence-corrected chi connectivity index (χ2v) is 2.08. The molecule has 0 fully saturated rings. The molecule has 2 heteroatoms. The molecule has 3 N–H and O–H groups in total. The molecule has 1 heterocycles. The molecule has 1 unspecified atom stereocenters. The third kappa shape index (κ3) is 1.23. The fraction of sp³-hybridized carbons (Fsp3) is 0.667. The first-order valence-electron chi connectivity index (χ1n) is 3.04. The summed E-state index contributed by atoms with van der Waals surface area (Å²) < 4.78 is 0. The summed E-state index contributed by atoms with van der Waals surface area (Å²) in [6.45, 7) is 0.754. The second kappa shape index (κ2) is 2.72. The molecule has 0 saturated carbocycles. The molecule has 0 aromatic rings. The molecule has 0 radical (unpaired) electrons. The lowest BCUT2D eigenvalue weighted by Gasteiger charge is -2.17. The minimum absolute atomic E-state index is 0.528. The Morgan fingerprint density at radius 1 is 1.75 bits per heavy atom. The highest BCUT2D eigenvalue weighted by Gasteiger charge is 2.03. The van der Waals surface area contributed by atoms with Crippen LogP contribution in [0.3, 0.4) is 0 Å². The van der Waals surface area contributed by atoms with Crippen molar-refractivity contribution in [3.05, 3.63) is 12.3 Å². The zero-order valence-corrected chi connectivity index (χ0v) is 4.93. The van der Waals surface area contributed by atoms with Crippen LogP contribution in [0.1, 0.15) is 12.8 Å². The third-order valence-electron chi connectivity index (χ3n) is 1.42. The van der Waals surface area contributed by atoms with Gasteiger partial charge in [0.25, 0.3) is 0 Å². The van der Waals surface area contributed by atoms with Crippen LogP contribution in [0, 0.1) is 0 Å². The lowest BCUT2D eigenvalue weighted by Crippen LogP contribution is -2.33. The van der Waals surface area contributed by atoms with E-state index in [1.165, 1.54) is 12.8 Å². The van der Waals surface area contributed by atoms with Crippen LogP contribution in [0.2, 0.25) is 0 Å². The van der Waals surface area contributed by atoms with E-state index >= 15 is 0 Å². The van der Waals surface area contributed by atoms with Gasteiger partial charge in [0, 0.05) is 12.6 Å². The lowest BCUT2D eigenvalue weighted by molar-refractivity contribution is 0.535. The summed E-state index contributed by atoms with van der Waals surface area (Å²) >= 11 is 0. The maximum absolute atomic E-state index is 5.41. The van der Waals surface area contributed by atoms with Gasteiger partial charge in [-0.3, -0.25) is 0 Å². The molecule has 1 aliphatic heterocycles. The van der Waals surface area contributed by atoms with Crippen LogP contribution in [-0.2, 0) is 0 Å². The largest absolute Gasteiger partial charge is 0.387 e. The molecular weight excluding hydrogens is 100 g/mol. The minimum atomic E-state index is 0.528. The van der Waals surface area contributed by atoms with E-state index in [-0.39, 0.29) is 0 Å². The predicted molar refractivity (Wildman–Crippen MR) is 34.4 cm³/mol. The summed E-state index contributed by atoms with van der Waals surface area (Å²) in [5.74, 6) is 0. The fourth-order valence-electron chi connectivity index (χ4n) is 0.854. The highest BCUT2D eigenvalue weighted by atomic mass is 14.9. The normalized spacial score (nSPS) is 27.4. The average Bonchev–Trinajstić information content (AvgIpc) is 1.90. The Bertz CT molecular complexity index is 88.5. The van der Waals surface area contributed by atoms with E-state index in [9.17, 15) is 0 Å². The lowest BCUT2D eigenvalue weighted by atomic mass is 10.1. The first-order valence-corrected chi connectivity index (χ1v) is 3.04. The first-order chi connectivity index (χ1) is 3.93. The Labute approximate surface area is 49.8 Å². The molecule has 1 aliphatic rings. The first kappa shape index (κ1) is 5.63. The number of hydrogen-bond acceptors (Lipinski definition) is 2. The predicted octanol–water partition coefficient (Wildman–Crippen LogP) is 0.211. The van der Waals surface area contributed by atoms with E-state index in [4.69, 9.17) is 5.73 Å². The van der Waals surface area contributed by atoms with Crippen LogP contribution in [0.15, 0.2) is 12.3 Å². The van der Waals surface area contributed by atoms with Crippen molar-refractivity contribution in [1.82, 2.24) is 5.32 Å². The summed E-state index contributed by atoms with van der Waals surface area (Å²) in [5, 5.41) is 3.16. The molecule has 0 aromatic heterocycles. The SMILES string of the molecule is NCC1CCC=CN1. The van der Waals surface area contributed by atoms with Crippen molar-refractivity contribution < 1.29 is 0 Å². The van der Waals surface area contributed by atoms with Gasteiger partial charge in [-0.15, -0.1) is 0 Å². The van der Waals surface area contributed by atoms with Gasteiger partial charge in [0.2, 0.25) is 0 Å². The van der Waals surface area contributed by atoms with Gasteiger partial charge in [-0.05, 0) is 19.0 Å². The van der Waals surface area contributed by atoms with Crippen LogP contribution < -0.4 is 11.1 Å². The molecule has 0 aliphatic carbocycles. The summed E-state index contributed by atoms with van der Waals surface area (Å²) in [4.78, 5) is 0. The zero-order chi connectivity index (χ0) is 5.82. The van der Waals surface area contributed by atoms with E-state index in [2.05, 4.69) is 11.4 Å². The molecule has 0 spiro atoms. The number of rotatable bonds is 1. The Morgan fingerprint density at radius 3 is 3.00 bits per heavy atom. The van der Waals surface area contributed by atoms with Crippen LogP contribution in [0.4, 0.5) is 0 Å². The van der Waals surface area contributed by atoms with Gasteiger partial charge in [-0.1, -0.05) is 6.08 Å². The zero-order valence-electron chi connectivity index (χ0n) is 4.93. The smallest absolute Gasteiger partial charge is 0.0381 e. The Morgan fingerprint density at radius 2 is 2.62 bits per heavy atom. The van der Waals surface area contributed by atoms with Crippen molar-refractivity contribution in [1.29, 1.82) is 0 Å². The number of nitrogens with two attached hydrogens (primary N) is 1. The fourth-order valence-corrected chi connectivity index (χ4v) is 0.854. The van der Waals surface area contributed by atoms with E-state index in [0.717, 1.165) is 6.54 Å². The monoisotopic (exact) mass is 112 g/mol. The molecule has 1 atom stereocenters. The van der Waals surface area contributed by atoms with E-state index in [0.29, 0.717) is 6.04 Å². The molecule has 0 amide bonds. The van der Waals surface area contributed by atoms with Gasteiger partial charge in [0.15, 0.2) is 0 Å². The Hall–Kier alpha value is -0.500. The second-order valence-electron chi connectivity index (χ2n) is 2.08. The molecule has 0 saturated heterocycles. The molecule has 0 aromatic carbocycles. The average molecular weight is 112 g/mol. The maximum Gasteiger partial charge on any atom is 0.0381 e. The summed E-state index contributed by atoms with van der Waals surface area (Å²) in [7, 11) is 0. The molecule has 0 bridgehead atoms. The molecule has 2 nitrogen and oxygen atoms in total. The van der Waals surface area contributed by atoms with Crippen LogP contribution >= 0.6 is 0 Å². The van der Waals surface area contributed by atoms with Crippen molar-refractivity contribution in [2.45, 2.75) is 18.9 Å². The molecule has 8 heavy (non-hydrogen) atoms. The minimum Gasteiger partial charge on any atom is -0.387 e. The third-order valence-corrected chi connectivity index (χ3v) is 1.42. The van der Waals surface area contributed by atoms with Crippen molar-refractivity contribution >= 4 is 0 Å². The highest BCUT2D eigenvalue weighted by Crippen LogP contribution is 2.01. The van der Waals surface area contributed by atoms with Gasteiger partial charge in [0.05, 0.1) is 0 Å². The topological polar surface area (TPSA) is 38.0 Å². The Balaban J connectivity index is 2.27. The Kier molecular flexibility index (Phi) is 1.92. The van der Waals surface area contributed by atoms with Gasteiger partial charge < -0.3 is 11.1 Å². The quantitative estimate of drug-likeness (QED) is 0.509. The summed E-state index contributed by atoms with van der Waals surface area (Å²) in [5.41, 5.74) is 5.41. The van der Waals surface area contributed by atoms with Crippen LogP contribution in [-0.4, -0.2) is 12.6 Å². The van der Waals surface area contributed by atoms with E-state index in [1.54, 1.807) is 0 Å². The summed E-state index contributed by atoms with van der Waals surface area (Å²) in [6.07, 6.45) is 6.48. The van der Waals surface area contributed by atoms with Crippen molar-refractivity contribution in [3.8, 4) is 0 Å². The van der Waals surface area contributed by atoms with Crippen molar-refractivity contribution in [2.75, 3.05) is 6.54 Å². The van der Waals surface area contributed by atoms with Crippen LogP contribution in [0.5, 0.6) is 0 Å². The van der Waals surface area contributed by atoms with Crippen molar-refractivity contribution in [3.63, 3.8) is 0 Å². The number of allylic oxidation sites excluding steroid dienone is 1. The number of hydrogen-bond donors (Lipinski definition) is 2. The molecule has 46 valence electrons. The van der Waals surface area contributed by atoms with Gasteiger partial charge in [-0.25, -0.2) is 0 Å². The van der Waals surface area contributed by atoms with Crippen molar-refractivity contribution in [2.24, 2.45) is 5.73 Å². The molecule has 1 rings (SSSR count). The van der Waals surface area contributed by atoms with Gasteiger partial charge in [0.1, 0.15) is 0 Å². The van der Waals surface area contributed by atoms with E-state index in [1.807, 2.05) is 6.20 Å². The number of nitrogens with one attached hydrogen (secondary N) is 1. The standard InChI is InChI=1S/C6H12N2/c7-5-6-3-1-2-4-8-6/h2,4,6,8H,1,3,5,7H2. The molecular formula is C6H12N2. The summed E-state index contributed by atoms with van der Waals surface area (Å²) in [6, 6.07) is 0.528. The van der Waals surface area contributed by atoms with Gasteiger partial charge >= 0.3 is 0 Å². The van der Waals surface area contributed by atoms with Crippen LogP contribution in [0.25, 0.3) is 0 Å². The highest BCUT2D eigenvalue weighted by molar-refractivity contribution is 4.90. The maximum atomic E-state index is 5.41.